The van der Waals surface area contributed by atoms with Gasteiger partial charge in [-0.2, -0.15) is 0 Å². The molecule has 0 saturated carbocycles. The van der Waals surface area contributed by atoms with E-state index in [1.807, 2.05) is 6.08 Å². The van der Waals surface area contributed by atoms with Crippen LogP contribution in [0.1, 0.15) is 341 Å². The van der Waals surface area contributed by atoms with Gasteiger partial charge < -0.3 is 65.1 Å². The highest BCUT2D eigenvalue weighted by Gasteiger charge is 2.51. The maximum Gasteiger partial charge on any atom is 0.220 e. The Morgan fingerprint density at radius 1 is 0.379 bits per heavy atom. The number of carbonyl (C=O) groups excluding carboxylic acids is 1. The van der Waals surface area contributed by atoms with Gasteiger partial charge in [0.1, 0.15) is 48.8 Å². The van der Waals surface area contributed by atoms with E-state index in [0.29, 0.717) is 12.8 Å². The molecule has 2 rings (SSSR count). The number of hydrogen-bond donors (Lipinski definition) is 9. The second-order valence-electron chi connectivity index (χ2n) is 27.8. The summed E-state index contributed by atoms with van der Waals surface area (Å²) in [5, 5.41) is 87.6. The molecule has 9 N–H and O–H groups in total. The lowest BCUT2D eigenvalue weighted by Crippen LogP contribution is -2.65. The van der Waals surface area contributed by atoms with E-state index in [-0.39, 0.29) is 18.9 Å². The van der Waals surface area contributed by atoms with Gasteiger partial charge in [0.15, 0.2) is 12.6 Å². The van der Waals surface area contributed by atoms with Gasteiger partial charge in [-0.3, -0.25) is 4.79 Å². The third-order valence-corrected chi connectivity index (χ3v) is 19.1. The van der Waals surface area contributed by atoms with Crippen molar-refractivity contribution < 1.29 is 64.6 Å². The molecule has 2 fully saturated rings. The fraction of sp³-hybridized carbons (Fsp3) is 0.840. The highest BCUT2D eigenvalue weighted by Crippen LogP contribution is 2.30. The van der Waals surface area contributed by atoms with Crippen LogP contribution >= 0.6 is 0 Å². The van der Waals surface area contributed by atoms with Crippen molar-refractivity contribution in [2.45, 2.75) is 415 Å². The Morgan fingerprint density at radius 3 is 1.11 bits per heavy atom. The van der Waals surface area contributed by atoms with Gasteiger partial charge >= 0.3 is 0 Å². The molecule has 2 heterocycles. The quantitative estimate of drug-likeness (QED) is 0.0204. The van der Waals surface area contributed by atoms with E-state index in [1.165, 1.54) is 250 Å². The Kier molecular flexibility index (Phi) is 60.4. The number of rotatable bonds is 66. The van der Waals surface area contributed by atoms with E-state index < -0.39 is 86.8 Å². The summed E-state index contributed by atoms with van der Waals surface area (Å²) in [7, 11) is 0. The number of hydrogen-bond acceptors (Lipinski definition) is 13. The minimum absolute atomic E-state index is 0.250. The molecule has 0 bridgehead atoms. The van der Waals surface area contributed by atoms with E-state index >= 15 is 0 Å². The minimum Gasteiger partial charge on any atom is -0.394 e. The second kappa shape index (κ2) is 64.8. The van der Waals surface area contributed by atoms with Crippen LogP contribution < -0.4 is 5.32 Å². The summed E-state index contributed by atoms with van der Waals surface area (Å²) < 4.78 is 22.9. The molecule has 0 radical (unpaired) electrons. The van der Waals surface area contributed by atoms with Crippen LogP contribution in [0.25, 0.3) is 0 Å². The average molecular weight is 1340 g/mol. The van der Waals surface area contributed by atoms with Gasteiger partial charge in [-0.05, 0) is 83.5 Å². The lowest BCUT2D eigenvalue weighted by Gasteiger charge is -2.46. The van der Waals surface area contributed by atoms with Crippen LogP contribution in [0.5, 0.6) is 0 Å². The molecule has 0 aliphatic carbocycles. The minimum atomic E-state index is -1.80. The maximum atomic E-state index is 13.4. The van der Waals surface area contributed by atoms with Crippen molar-refractivity contribution in [2.24, 2.45) is 0 Å². The first-order chi connectivity index (χ1) is 46.6. The molecule has 554 valence electrons. The van der Waals surface area contributed by atoms with Gasteiger partial charge in [-0.15, -0.1) is 0 Å². The van der Waals surface area contributed by atoms with Gasteiger partial charge in [0.25, 0.3) is 0 Å². The first-order valence-corrected chi connectivity index (χ1v) is 39.7. The Balaban J connectivity index is 1.64. The van der Waals surface area contributed by atoms with Crippen LogP contribution in [0.2, 0.25) is 0 Å². The molecule has 0 aromatic carbocycles. The zero-order valence-electron chi connectivity index (χ0n) is 60.7. The van der Waals surface area contributed by atoms with Crippen LogP contribution in [0.15, 0.2) is 72.9 Å². The monoisotopic (exact) mass is 1340 g/mol. The summed E-state index contributed by atoms with van der Waals surface area (Å²) in [5.41, 5.74) is 0. The number of carbonyl (C=O) groups is 1. The van der Waals surface area contributed by atoms with E-state index in [0.717, 1.165) is 57.8 Å². The zero-order valence-corrected chi connectivity index (χ0v) is 60.7. The van der Waals surface area contributed by atoms with Gasteiger partial charge in [0, 0.05) is 6.42 Å². The van der Waals surface area contributed by atoms with Crippen LogP contribution in [0, 0.1) is 0 Å². The Hall–Kier alpha value is -2.57. The van der Waals surface area contributed by atoms with Crippen molar-refractivity contribution >= 4 is 5.91 Å². The van der Waals surface area contributed by atoms with Crippen molar-refractivity contribution in [3.63, 3.8) is 0 Å². The third-order valence-electron chi connectivity index (χ3n) is 19.1. The second-order valence-corrected chi connectivity index (χ2v) is 27.8. The van der Waals surface area contributed by atoms with E-state index in [2.05, 4.69) is 79.9 Å². The van der Waals surface area contributed by atoms with E-state index in [9.17, 15) is 45.6 Å². The topological polar surface area (TPSA) is 228 Å². The SMILES string of the molecule is CCCCCCC/C=C\C/C=C\C/C=C\CCCCCCCCCCCCCCCCCCCCC(=O)NC(COC1OC(CO)C(OC2OC(CO)C(O)C(O)C2O)C(O)C1O)C(O)/C=C/CC/C=C/CC/C=C/CCCCCCCCCCCCCCCCCCCC. The summed E-state index contributed by atoms with van der Waals surface area (Å²) in [6.07, 6.45) is 72.7. The number of allylic oxidation sites excluding steroid dienone is 11. The van der Waals surface area contributed by atoms with E-state index in [1.54, 1.807) is 6.08 Å². The van der Waals surface area contributed by atoms with Crippen molar-refractivity contribution in [1.29, 1.82) is 0 Å². The fourth-order valence-electron chi connectivity index (χ4n) is 12.8. The third kappa shape index (κ3) is 48.0. The molecular weight excluding hydrogens is 1190 g/mol. The number of amides is 1. The highest BCUT2D eigenvalue weighted by atomic mass is 16.7. The molecule has 0 aromatic heterocycles. The van der Waals surface area contributed by atoms with Crippen molar-refractivity contribution in [1.82, 2.24) is 5.32 Å². The fourth-order valence-corrected chi connectivity index (χ4v) is 12.8. The molecule has 12 atom stereocenters. The summed E-state index contributed by atoms with van der Waals surface area (Å²) in [6.45, 7) is 2.81. The highest BCUT2D eigenvalue weighted by molar-refractivity contribution is 5.76. The number of unbranched alkanes of at least 4 members (excludes halogenated alkanes) is 43. The Labute approximate surface area is 580 Å². The number of ether oxygens (including phenoxy) is 4. The molecular formula is C81H147NO13. The van der Waals surface area contributed by atoms with Crippen LogP contribution in [0.3, 0.4) is 0 Å². The van der Waals surface area contributed by atoms with Gasteiger partial charge in [-0.1, -0.05) is 324 Å². The lowest BCUT2D eigenvalue weighted by atomic mass is 9.97. The molecule has 14 heteroatoms. The van der Waals surface area contributed by atoms with Crippen LogP contribution in [0.4, 0.5) is 0 Å². The molecule has 14 nitrogen and oxygen atoms in total. The summed E-state index contributed by atoms with van der Waals surface area (Å²) in [4.78, 5) is 13.4. The number of aliphatic hydroxyl groups is 8. The molecule has 1 amide bonds. The Morgan fingerprint density at radius 2 is 0.705 bits per heavy atom. The smallest absolute Gasteiger partial charge is 0.220 e. The number of aliphatic hydroxyl groups excluding tert-OH is 8. The first-order valence-electron chi connectivity index (χ1n) is 39.7. The number of nitrogens with one attached hydrogen (secondary N) is 1. The molecule has 0 aromatic rings. The predicted molar refractivity (Wildman–Crippen MR) is 392 cm³/mol. The van der Waals surface area contributed by atoms with Crippen molar-refractivity contribution in [3.8, 4) is 0 Å². The van der Waals surface area contributed by atoms with Gasteiger partial charge in [0.05, 0.1) is 32.0 Å². The Bertz CT molecular complexity index is 1870. The lowest BCUT2D eigenvalue weighted by molar-refractivity contribution is -0.359. The van der Waals surface area contributed by atoms with Crippen molar-refractivity contribution in [2.75, 3.05) is 19.8 Å². The first kappa shape index (κ1) is 88.5. The molecule has 95 heavy (non-hydrogen) atoms. The van der Waals surface area contributed by atoms with Crippen molar-refractivity contribution in [3.05, 3.63) is 72.9 Å². The standard InChI is InChI=1S/C81H147NO13/c1-3-5-7-9-11-13-15-17-19-21-23-25-27-29-31-33-34-35-36-37-39-41-43-45-47-49-51-53-55-57-59-61-63-65-73(86)82-69(68-92-80-78(91)76(89)79(72(67-84)94-80)95-81-77(90)75(88)74(87)71(66-83)93-81)70(85)64-62-60-58-56-54-52-50-48-46-44-42-40-38-32-30-28-26-24-22-20-18-16-14-12-10-8-6-4-2/h15,17,21,23,27,29,46,48,54,56,62,64,69-72,74-81,83-85,87-91H,3-14,16,18-20,22,24-26,28,30-45,47,49-53,55,57-61,63,65-68H2,1-2H3,(H,82,86)/b17-15-,23-21-,29-27-,48-46+,56-54+,64-62+. The average Bonchev–Trinajstić information content (AvgIpc) is 0.801. The predicted octanol–water partition coefficient (Wildman–Crippen LogP) is 17.7. The summed E-state index contributed by atoms with van der Waals surface area (Å²) in [6, 6.07) is -0.942. The molecule has 2 saturated heterocycles. The molecule has 0 spiro atoms. The van der Waals surface area contributed by atoms with Gasteiger partial charge in [-0.25, -0.2) is 0 Å². The van der Waals surface area contributed by atoms with Crippen LogP contribution in [-0.2, 0) is 23.7 Å². The zero-order chi connectivity index (χ0) is 68.7. The largest absolute Gasteiger partial charge is 0.394 e. The van der Waals surface area contributed by atoms with Crippen LogP contribution in [-0.4, -0.2) is 140 Å². The summed E-state index contributed by atoms with van der Waals surface area (Å²) >= 11 is 0. The van der Waals surface area contributed by atoms with E-state index in [4.69, 9.17) is 18.9 Å². The van der Waals surface area contributed by atoms with Gasteiger partial charge in [0.2, 0.25) is 5.91 Å². The maximum absolute atomic E-state index is 13.4. The molecule has 2 aliphatic rings. The summed E-state index contributed by atoms with van der Waals surface area (Å²) in [5.74, 6) is -0.250. The molecule has 2 aliphatic heterocycles. The normalized spacial score (nSPS) is 22.7. The molecule has 12 unspecified atom stereocenters.